The Hall–Kier alpha value is -2.07. The lowest BCUT2D eigenvalue weighted by atomic mass is 9.94. The molecular weight excluding hydrogens is 340 g/mol. The molecule has 1 fully saturated rings. The standard InChI is InChI=1S/C14H13BrN2O4/c1-20-12-8-9(15)2-3-10(12)11(4-5-16)13(18)17-6-7-21-14(17)19/h2-3,8,11H,4,6-7H2,1H3/t11-/m0/s1. The molecule has 2 amide bonds. The summed E-state index contributed by atoms with van der Waals surface area (Å²) in [4.78, 5) is 25.1. The number of imide groups is 1. The second-order valence-corrected chi connectivity index (χ2v) is 5.32. The zero-order valence-corrected chi connectivity index (χ0v) is 12.9. The summed E-state index contributed by atoms with van der Waals surface area (Å²) in [6.07, 6.45) is -0.709. The number of carbonyl (C=O) groups excluding carboxylic acids is 2. The lowest BCUT2D eigenvalue weighted by molar-refractivity contribution is -0.129. The molecule has 6 nitrogen and oxygen atoms in total. The highest BCUT2D eigenvalue weighted by Gasteiger charge is 2.35. The van der Waals surface area contributed by atoms with Gasteiger partial charge in [-0.05, 0) is 12.1 Å². The zero-order valence-electron chi connectivity index (χ0n) is 11.3. The summed E-state index contributed by atoms with van der Waals surface area (Å²) in [6, 6.07) is 7.18. The number of hydrogen-bond donors (Lipinski definition) is 0. The number of cyclic esters (lactones) is 1. The quantitative estimate of drug-likeness (QED) is 0.831. The fourth-order valence-electron chi connectivity index (χ4n) is 2.18. The molecule has 0 radical (unpaired) electrons. The minimum Gasteiger partial charge on any atom is -0.496 e. The highest BCUT2D eigenvalue weighted by Crippen LogP contribution is 2.33. The molecule has 1 atom stereocenters. The van der Waals surface area contributed by atoms with Gasteiger partial charge in [-0.2, -0.15) is 5.26 Å². The molecule has 0 N–H and O–H groups in total. The second kappa shape index (κ2) is 6.59. The largest absolute Gasteiger partial charge is 0.496 e. The average Bonchev–Trinajstić information content (AvgIpc) is 2.90. The van der Waals surface area contributed by atoms with Gasteiger partial charge in [-0.1, -0.05) is 22.0 Å². The summed E-state index contributed by atoms with van der Waals surface area (Å²) in [6.45, 7) is 0.389. The fraction of sp³-hybridized carbons (Fsp3) is 0.357. The van der Waals surface area contributed by atoms with Gasteiger partial charge in [0.05, 0.1) is 32.1 Å². The molecule has 1 aliphatic heterocycles. The summed E-state index contributed by atoms with van der Waals surface area (Å²) >= 11 is 3.32. The summed E-state index contributed by atoms with van der Waals surface area (Å²) in [5, 5.41) is 8.99. The maximum Gasteiger partial charge on any atom is 0.416 e. The third-order valence-corrected chi connectivity index (χ3v) is 3.68. The highest BCUT2D eigenvalue weighted by atomic mass is 79.9. The van der Waals surface area contributed by atoms with Crippen LogP contribution in [-0.2, 0) is 9.53 Å². The summed E-state index contributed by atoms with van der Waals surface area (Å²) in [7, 11) is 1.49. The van der Waals surface area contributed by atoms with Gasteiger partial charge in [0.2, 0.25) is 5.91 Å². The second-order valence-electron chi connectivity index (χ2n) is 4.41. The molecule has 0 aliphatic carbocycles. The van der Waals surface area contributed by atoms with E-state index in [1.807, 2.05) is 6.07 Å². The minimum atomic E-state index is -0.760. The predicted octanol–water partition coefficient (Wildman–Crippen LogP) is 2.43. The first-order chi connectivity index (χ1) is 10.1. The van der Waals surface area contributed by atoms with Crippen molar-refractivity contribution < 1.29 is 19.1 Å². The first kappa shape index (κ1) is 15.3. The van der Waals surface area contributed by atoms with Crippen LogP contribution in [0.15, 0.2) is 22.7 Å². The van der Waals surface area contributed by atoms with Crippen molar-refractivity contribution in [1.29, 1.82) is 5.26 Å². The minimum absolute atomic E-state index is 0.0411. The fourth-order valence-corrected chi connectivity index (χ4v) is 2.52. The normalized spacial score (nSPS) is 15.3. The van der Waals surface area contributed by atoms with Crippen LogP contribution >= 0.6 is 15.9 Å². The van der Waals surface area contributed by atoms with Crippen LogP contribution in [0.1, 0.15) is 17.9 Å². The van der Waals surface area contributed by atoms with Crippen LogP contribution < -0.4 is 4.74 Å². The number of methoxy groups -OCH3 is 1. The SMILES string of the molecule is COc1cc(Br)ccc1[C@H](CC#N)C(=O)N1CCOC1=O. The third kappa shape index (κ3) is 3.16. The maximum atomic E-state index is 12.5. The van der Waals surface area contributed by atoms with E-state index in [9.17, 15) is 9.59 Å². The van der Waals surface area contributed by atoms with E-state index in [1.54, 1.807) is 18.2 Å². The molecule has 110 valence electrons. The Morgan fingerprint density at radius 1 is 1.62 bits per heavy atom. The topological polar surface area (TPSA) is 79.6 Å². The molecule has 0 unspecified atom stereocenters. The van der Waals surface area contributed by atoms with Crippen molar-refractivity contribution in [2.75, 3.05) is 20.3 Å². The molecule has 1 aromatic rings. The predicted molar refractivity (Wildman–Crippen MR) is 76.7 cm³/mol. The molecule has 0 saturated carbocycles. The Morgan fingerprint density at radius 2 is 2.38 bits per heavy atom. The van der Waals surface area contributed by atoms with Crippen molar-refractivity contribution >= 4 is 27.9 Å². The maximum absolute atomic E-state index is 12.5. The summed E-state index contributed by atoms with van der Waals surface area (Å²) < 4.78 is 10.8. The van der Waals surface area contributed by atoms with Gasteiger partial charge in [0, 0.05) is 10.0 Å². The molecule has 0 aromatic heterocycles. The van der Waals surface area contributed by atoms with E-state index >= 15 is 0 Å². The molecule has 1 aliphatic rings. The van der Waals surface area contributed by atoms with Gasteiger partial charge >= 0.3 is 6.09 Å². The Balaban J connectivity index is 2.37. The Morgan fingerprint density at radius 3 is 2.95 bits per heavy atom. The number of nitrogens with zero attached hydrogens (tertiary/aromatic N) is 2. The van der Waals surface area contributed by atoms with Crippen LogP contribution in [-0.4, -0.2) is 37.2 Å². The molecule has 7 heteroatoms. The molecule has 1 aromatic carbocycles. The van der Waals surface area contributed by atoms with Crippen molar-refractivity contribution in [2.24, 2.45) is 0 Å². The van der Waals surface area contributed by atoms with Crippen LogP contribution in [0.4, 0.5) is 4.79 Å². The Kier molecular flexibility index (Phi) is 4.81. The monoisotopic (exact) mass is 352 g/mol. The first-order valence-electron chi connectivity index (χ1n) is 6.27. The van der Waals surface area contributed by atoms with Crippen LogP contribution in [0.25, 0.3) is 0 Å². The van der Waals surface area contributed by atoms with E-state index in [0.29, 0.717) is 11.3 Å². The van der Waals surface area contributed by atoms with E-state index in [1.165, 1.54) is 7.11 Å². The molecule has 0 bridgehead atoms. The number of nitriles is 1. The molecule has 21 heavy (non-hydrogen) atoms. The van der Waals surface area contributed by atoms with Gasteiger partial charge in [0.1, 0.15) is 12.4 Å². The zero-order chi connectivity index (χ0) is 15.4. The van der Waals surface area contributed by atoms with Gasteiger partial charge < -0.3 is 9.47 Å². The number of ether oxygens (including phenoxy) is 2. The van der Waals surface area contributed by atoms with Crippen molar-refractivity contribution in [3.63, 3.8) is 0 Å². The molecular formula is C14H13BrN2O4. The molecule has 1 saturated heterocycles. The number of amides is 2. The number of carbonyl (C=O) groups is 2. The number of halogens is 1. The first-order valence-corrected chi connectivity index (χ1v) is 7.06. The van der Waals surface area contributed by atoms with Crippen LogP contribution in [0.3, 0.4) is 0 Å². The summed E-state index contributed by atoms with van der Waals surface area (Å²) in [5.74, 6) is -0.714. The third-order valence-electron chi connectivity index (χ3n) is 3.19. The van der Waals surface area contributed by atoms with Crippen molar-refractivity contribution in [2.45, 2.75) is 12.3 Å². The Bertz CT molecular complexity index is 611. The van der Waals surface area contributed by atoms with Gasteiger partial charge in [-0.15, -0.1) is 0 Å². The van der Waals surface area contributed by atoms with E-state index in [-0.39, 0.29) is 19.6 Å². The number of benzene rings is 1. The van der Waals surface area contributed by atoms with Crippen LogP contribution in [0.2, 0.25) is 0 Å². The van der Waals surface area contributed by atoms with E-state index < -0.39 is 17.9 Å². The Labute approximate surface area is 130 Å². The van der Waals surface area contributed by atoms with Crippen molar-refractivity contribution in [3.8, 4) is 11.8 Å². The van der Waals surface area contributed by atoms with Crippen LogP contribution in [0.5, 0.6) is 5.75 Å². The van der Waals surface area contributed by atoms with E-state index in [0.717, 1.165) is 9.37 Å². The lowest BCUT2D eigenvalue weighted by Crippen LogP contribution is -2.35. The average molecular weight is 353 g/mol. The van der Waals surface area contributed by atoms with Crippen molar-refractivity contribution in [3.05, 3.63) is 28.2 Å². The van der Waals surface area contributed by atoms with Gasteiger partial charge in [-0.25, -0.2) is 9.69 Å². The number of hydrogen-bond acceptors (Lipinski definition) is 5. The van der Waals surface area contributed by atoms with Crippen LogP contribution in [0, 0.1) is 11.3 Å². The molecule has 1 heterocycles. The molecule has 2 rings (SSSR count). The van der Waals surface area contributed by atoms with Gasteiger partial charge in [0.25, 0.3) is 0 Å². The van der Waals surface area contributed by atoms with Gasteiger partial charge in [0.15, 0.2) is 0 Å². The van der Waals surface area contributed by atoms with E-state index in [2.05, 4.69) is 15.9 Å². The number of rotatable bonds is 4. The highest BCUT2D eigenvalue weighted by molar-refractivity contribution is 9.10. The smallest absolute Gasteiger partial charge is 0.416 e. The van der Waals surface area contributed by atoms with E-state index in [4.69, 9.17) is 14.7 Å². The molecule has 0 spiro atoms. The van der Waals surface area contributed by atoms with Gasteiger partial charge in [-0.3, -0.25) is 4.79 Å². The van der Waals surface area contributed by atoms with Crippen molar-refractivity contribution in [1.82, 2.24) is 4.90 Å². The lowest BCUT2D eigenvalue weighted by Gasteiger charge is -2.20. The summed E-state index contributed by atoms with van der Waals surface area (Å²) in [5.41, 5.74) is 0.576.